The van der Waals surface area contributed by atoms with E-state index in [1.165, 1.54) is 24.3 Å². The molecule has 1 aromatic rings. The van der Waals surface area contributed by atoms with E-state index in [1.54, 1.807) is 0 Å². The van der Waals surface area contributed by atoms with Crippen molar-refractivity contribution in [3.8, 4) is 0 Å². The normalized spacial score (nSPS) is 30.9. The molecule has 2 saturated heterocycles. The van der Waals surface area contributed by atoms with Gasteiger partial charge in [-0.2, -0.15) is 11.8 Å². The lowest BCUT2D eigenvalue weighted by Gasteiger charge is -2.38. The van der Waals surface area contributed by atoms with Crippen molar-refractivity contribution in [2.75, 3.05) is 18.1 Å². The van der Waals surface area contributed by atoms with Crippen molar-refractivity contribution < 1.29 is 9.13 Å². The van der Waals surface area contributed by atoms with Crippen LogP contribution in [0.2, 0.25) is 0 Å². The van der Waals surface area contributed by atoms with Crippen molar-refractivity contribution >= 4 is 11.8 Å². The molecule has 0 radical (unpaired) electrons. The van der Waals surface area contributed by atoms with E-state index in [-0.39, 0.29) is 11.4 Å². The summed E-state index contributed by atoms with van der Waals surface area (Å²) < 4.78 is 18.9. The minimum absolute atomic E-state index is 0.128. The van der Waals surface area contributed by atoms with Crippen LogP contribution in [0.3, 0.4) is 0 Å². The zero-order valence-electron chi connectivity index (χ0n) is 11.0. The summed E-state index contributed by atoms with van der Waals surface area (Å²) >= 11 is 2.00. The van der Waals surface area contributed by atoms with Crippen LogP contribution in [0, 0.1) is 5.82 Å². The molecule has 2 fully saturated rings. The molecule has 1 N–H and O–H groups in total. The lowest BCUT2D eigenvalue weighted by atomic mass is 9.90. The highest BCUT2D eigenvalue weighted by Gasteiger charge is 2.40. The molecule has 104 valence electrons. The fraction of sp³-hybridized carbons (Fsp3) is 0.600. The van der Waals surface area contributed by atoms with Gasteiger partial charge in [-0.25, -0.2) is 4.39 Å². The van der Waals surface area contributed by atoms with Gasteiger partial charge in [0.1, 0.15) is 5.82 Å². The lowest BCUT2D eigenvalue weighted by Crippen LogP contribution is -2.47. The molecule has 2 nitrogen and oxygen atoms in total. The number of rotatable bonds is 3. The van der Waals surface area contributed by atoms with Gasteiger partial charge >= 0.3 is 0 Å². The van der Waals surface area contributed by atoms with Crippen LogP contribution in [-0.4, -0.2) is 29.8 Å². The monoisotopic (exact) mass is 281 g/mol. The maximum atomic E-state index is 12.8. The predicted octanol–water partition coefficient (Wildman–Crippen LogP) is 2.97. The molecule has 19 heavy (non-hydrogen) atoms. The van der Waals surface area contributed by atoms with Gasteiger partial charge in [0.15, 0.2) is 0 Å². The number of nitrogens with one attached hydrogen (secondary N) is 1. The van der Waals surface area contributed by atoms with Gasteiger partial charge in [0.2, 0.25) is 0 Å². The molecule has 3 rings (SSSR count). The molecule has 2 unspecified atom stereocenters. The van der Waals surface area contributed by atoms with Crippen molar-refractivity contribution in [2.24, 2.45) is 0 Å². The minimum Gasteiger partial charge on any atom is -0.374 e. The van der Waals surface area contributed by atoms with Crippen LogP contribution >= 0.6 is 11.8 Å². The molecule has 1 aromatic carbocycles. The third-order valence-electron chi connectivity index (χ3n) is 4.07. The SMILES string of the molecule is Fc1ccc(CNC2CCOC3(CCSC3)C2)cc1. The predicted molar refractivity (Wildman–Crippen MR) is 76.9 cm³/mol. The minimum atomic E-state index is -0.170. The second-order valence-corrected chi connectivity index (χ2v) is 6.64. The van der Waals surface area contributed by atoms with E-state index in [0.717, 1.165) is 37.3 Å². The van der Waals surface area contributed by atoms with Gasteiger partial charge in [-0.15, -0.1) is 0 Å². The Hall–Kier alpha value is -0.580. The van der Waals surface area contributed by atoms with Crippen molar-refractivity contribution in [1.29, 1.82) is 0 Å². The van der Waals surface area contributed by atoms with E-state index in [9.17, 15) is 4.39 Å². The van der Waals surface area contributed by atoms with Crippen LogP contribution in [0.5, 0.6) is 0 Å². The molecule has 1 spiro atoms. The summed E-state index contributed by atoms with van der Waals surface area (Å²) in [5.41, 5.74) is 1.27. The topological polar surface area (TPSA) is 21.3 Å². The average molecular weight is 281 g/mol. The summed E-state index contributed by atoms with van der Waals surface area (Å²) in [7, 11) is 0. The number of benzene rings is 1. The number of ether oxygens (including phenoxy) is 1. The molecule has 0 bridgehead atoms. The van der Waals surface area contributed by atoms with Crippen LogP contribution < -0.4 is 5.32 Å². The standard InChI is InChI=1S/C15H20FNOS/c16-13-3-1-12(2-4-13)10-17-14-5-7-18-15(9-14)6-8-19-11-15/h1-4,14,17H,5-11H2. The highest BCUT2D eigenvalue weighted by atomic mass is 32.2. The van der Waals surface area contributed by atoms with Gasteiger partial charge < -0.3 is 10.1 Å². The van der Waals surface area contributed by atoms with E-state index in [4.69, 9.17) is 4.74 Å². The van der Waals surface area contributed by atoms with Gasteiger partial charge in [0.25, 0.3) is 0 Å². The Morgan fingerprint density at radius 2 is 2.21 bits per heavy atom. The molecule has 0 saturated carbocycles. The number of halogens is 1. The summed E-state index contributed by atoms with van der Waals surface area (Å²) in [6.45, 7) is 1.68. The molecular weight excluding hydrogens is 261 g/mol. The van der Waals surface area contributed by atoms with Crippen LogP contribution in [0.4, 0.5) is 4.39 Å². The first-order chi connectivity index (χ1) is 9.26. The Labute approximate surface area is 118 Å². The largest absolute Gasteiger partial charge is 0.374 e. The molecular formula is C15H20FNOS. The van der Waals surface area contributed by atoms with E-state index < -0.39 is 0 Å². The van der Waals surface area contributed by atoms with Crippen molar-refractivity contribution in [2.45, 2.75) is 37.5 Å². The number of thioether (sulfide) groups is 1. The Balaban J connectivity index is 1.53. The fourth-order valence-electron chi connectivity index (χ4n) is 2.93. The van der Waals surface area contributed by atoms with Crippen molar-refractivity contribution in [1.82, 2.24) is 5.32 Å². The maximum Gasteiger partial charge on any atom is 0.123 e. The Kier molecular flexibility index (Phi) is 4.10. The van der Waals surface area contributed by atoms with Gasteiger partial charge in [-0.1, -0.05) is 12.1 Å². The third kappa shape index (κ3) is 3.30. The zero-order chi connectivity index (χ0) is 13.1. The molecule has 2 aliphatic heterocycles. The van der Waals surface area contributed by atoms with Crippen molar-refractivity contribution in [3.63, 3.8) is 0 Å². The van der Waals surface area contributed by atoms with Crippen LogP contribution in [-0.2, 0) is 11.3 Å². The van der Waals surface area contributed by atoms with Gasteiger partial charge in [0, 0.05) is 24.9 Å². The maximum absolute atomic E-state index is 12.8. The first-order valence-corrected chi connectivity index (χ1v) is 8.11. The van der Waals surface area contributed by atoms with E-state index in [0.29, 0.717) is 6.04 Å². The quantitative estimate of drug-likeness (QED) is 0.920. The zero-order valence-corrected chi connectivity index (χ0v) is 11.8. The van der Waals surface area contributed by atoms with Crippen LogP contribution in [0.25, 0.3) is 0 Å². The average Bonchev–Trinajstić information content (AvgIpc) is 2.86. The van der Waals surface area contributed by atoms with E-state index >= 15 is 0 Å². The Bertz CT molecular complexity index is 417. The summed E-state index contributed by atoms with van der Waals surface area (Å²) in [5, 5.41) is 3.60. The smallest absolute Gasteiger partial charge is 0.123 e. The number of hydrogen-bond donors (Lipinski definition) is 1. The van der Waals surface area contributed by atoms with Gasteiger partial charge in [0.05, 0.1) is 5.60 Å². The first kappa shape index (κ1) is 13.4. The third-order valence-corrected chi connectivity index (χ3v) is 5.29. The molecule has 0 aliphatic carbocycles. The highest BCUT2D eigenvalue weighted by Crippen LogP contribution is 2.38. The molecule has 0 amide bonds. The van der Waals surface area contributed by atoms with Gasteiger partial charge in [-0.3, -0.25) is 0 Å². The Morgan fingerprint density at radius 3 is 2.95 bits per heavy atom. The van der Waals surface area contributed by atoms with Crippen LogP contribution in [0.1, 0.15) is 24.8 Å². The van der Waals surface area contributed by atoms with Crippen molar-refractivity contribution in [3.05, 3.63) is 35.6 Å². The second-order valence-electron chi connectivity index (χ2n) is 5.53. The summed E-state index contributed by atoms with van der Waals surface area (Å²) in [6, 6.07) is 7.27. The summed E-state index contributed by atoms with van der Waals surface area (Å²) in [5.74, 6) is 2.20. The molecule has 2 heterocycles. The first-order valence-electron chi connectivity index (χ1n) is 6.95. The highest BCUT2D eigenvalue weighted by molar-refractivity contribution is 7.99. The molecule has 2 aliphatic rings. The second kappa shape index (κ2) is 5.81. The van der Waals surface area contributed by atoms with Crippen LogP contribution in [0.15, 0.2) is 24.3 Å². The van der Waals surface area contributed by atoms with E-state index in [2.05, 4.69) is 5.32 Å². The van der Waals surface area contributed by atoms with Gasteiger partial charge in [-0.05, 0) is 42.7 Å². The Morgan fingerprint density at radius 1 is 1.37 bits per heavy atom. The molecule has 0 aromatic heterocycles. The summed E-state index contributed by atoms with van der Waals surface area (Å²) in [4.78, 5) is 0. The lowest BCUT2D eigenvalue weighted by molar-refractivity contribution is -0.0703. The molecule has 4 heteroatoms. The summed E-state index contributed by atoms with van der Waals surface area (Å²) in [6.07, 6.45) is 3.38. The fourth-order valence-corrected chi connectivity index (χ4v) is 4.31. The van der Waals surface area contributed by atoms with E-state index in [1.807, 2.05) is 23.9 Å². The number of hydrogen-bond acceptors (Lipinski definition) is 3. The molecule has 2 atom stereocenters.